The van der Waals surface area contributed by atoms with E-state index in [4.69, 9.17) is 2.74 Å². The summed E-state index contributed by atoms with van der Waals surface area (Å²) in [5.74, 6) is 0. The van der Waals surface area contributed by atoms with Crippen LogP contribution in [0.25, 0.3) is 22.5 Å². The Morgan fingerprint density at radius 1 is 0.622 bits per heavy atom. The van der Waals surface area contributed by atoms with Gasteiger partial charge in [-0.05, 0) is 53.1 Å². The normalized spacial score (nSPS) is 15.9. The van der Waals surface area contributed by atoms with Crippen LogP contribution in [-0.2, 0) is 76.7 Å². The van der Waals surface area contributed by atoms with Crippen molar-refractivity contribution in [1.82, 2.24) is 0 Å². The van der Waals surface area contributed by atoms with Crippen LogP contribution in [0.3, 0.4) is 0 Å². The molecular weight excluding hydrogens is 1090 g/mol. The third kappa shape index (κ3) is 11.7. The molecule has 2 atom stereocenters. The van der Waals surface area contributed by atoms with Gasteiger partial charge in [0.05, 0.1) is 45.5 Å². The molecule has 74 heavy (non-hydrogen) atoms. The van der Waals surface area contributed by atoms with Crippen molar-refractivity contribution in [3.63, 3.8) is 0 Å². The van der Waals surface area contributed by atoms with Gasteiger partial charge in [0, 0.05) is 95.8 Å². The van der Waals surface area contributed by atoms with Crippen molar-refractivity contribution in [2.24, 2.45) is 0 Å². The van der Waals surface area contributed by atoms with Gasteiger partial charge in [-0.1, -0.05) is 108 Å². The zero-order valence-electron chi connectivity index (χ0n) is 46.5. The number of non-ortho nitro benzene ring substituents is 1. The standard InChI is InChI=1S/C24H16N4O4.C20H12N4O4.6C2H6.2Y/c1-15-8-9-19-17(12-15)20-6-2-4-10-25(20)24(19)23-18(21-7-3-5-11-26(21)24)13-16(27(29)30)14-22(23)28(31)32;1-2-7-15-12-16-8-3-5-10-21(16)20(15)18(19(24(27)28)14-23(25)26)13-17-9-4-6-11-22(17)20;6*1-2;;/h2-14H,1H3;3-11H,1H3;6*1-2H3;;/q+2;-2;;;;;;;;/i9T;7T;;;;;;;;. The maximum Gasteiger partial charge on any atom is 0.424 e. The van der Waals surface area contributed by atoms with Crippen LogP contribution in [0.15, 0.2) is 151 Å². The van der Waals surface area contributed by atoms with Gasteiger partial charge in [0.1, 0.15) is 11.8 Å². The van der Waals surface area contributed by atoms with E-state index in [1.54, 1.807) is 89.2 Å². The number of nitro groups is 4. The summed E-state index contributed by atoms with van der Waals surface area (Å²) in [6, 6.07) is 27.8. The van der Waals surface area contributed by atoms with Gasteiger partial charge in [0.2, 0.25) is 11.4 Å². The summed E-state index contributed by atoms with van der Waals surface area (Å²) in [4.78, 5) is 43.8. The number of nitro benzene ring substituents is 2. The predicted octanol–water partition coefficient (Wildman–Crippen LogP) is 11.0. The summed E-state index contributed by atoms with van der Waals surface area (Å²) in [5, 5.41) is 46.8. The minimum absolute atomic E-state index is 0. The van der Waals surface area contributed by atoms with Crippen LogP contribution in [0.2, 0.25) is 0 Å². The maximum atomic E-state index is 12.3. The van der Waals surface area contributed by atoms with Gasteiger partial charge in [-0.25, -0.2) is 0 Å². The molecule has 2 unspecified atom stereocenters. The van der Waals surface area contributed by atoms with E-state index in [2.05, 4.69) is 18.2 Å². The van der Waals surface area contributed by atoms with Gasteiger partial charge in [-0.15, -0.1) is 33.8 Å². The number of pyridine rings is 4. The zero-order chi connectivity index (χ0) is 55.8. The van der Waals surface area contributed by atoms with Gasteiger partial charge >= 0.3 is 5.66 Å². The molecule has 0 N–H and O–H groups in total. The summed E-state index contributed by atoms with van der Waals surface area (Å²) in [6.45, 7) is 27.5. The number of aromatic nitrogens is 4. The first kappa shape index (κ1) is 62.1. The summed E-state index contributed by atoms with van der Waals surface area (Å²) in [7, 11) is 0. The van der Waals surface area contributed by atoms with Crippen molar-refractivity contribution in [2.75, 3.05) is 0 Å². The summed E-state index contributed by atoms with van der Waals surface area (Å²) in [5.41, 5.74) is 1.33. The minimum Gasteiger partial charge on any atom is -0.346 e. The molecule has 0 saturated carbocycles. The molecule has 0 saturated heterocycles. The fourth-order valence-electron chi connectivity index (χ4n) is 8.69. The first-order valence-corrected chi connectivity index (χ1v) is 24.1. The molecule has 2 radical (unpaired) electrons. The molecule has 4 aliphatic rings. The molecule has 18 heteroatoms. The average Bonchev–Trinajstić information content (AvgIpc) is 4.15. The van der Waals surface area contributed by atoms with Crippen molar-refractivity contribution in [3.8, 4) is 22.5 Å². The van der Waals surface area contributed by atoms with Gasteiger partial charge in [0.15, 0.2) is 30.4 Å². The predicted molar refractivity (Wildman–Crippen MR) is 274 cm³/mol. The zero-order valence-corrected chi connectivity index (χ0v) is 50.2. The molecule has 0 amide bonds. The van der Waals surface area contributed by atoms with Crippen LogP contribution < -0.4 is 18.3 Å². The quantitative estimate of drug-likeness (QED) is 0.0517. The molecule has 4 aliphatic heterocycles. The molecule has 6 aromatic rings. The Morgan fingerprint density at radius 2 is 1.09 bits per heavy atom. The fourth-order valence-corrected chi connectivity index (χ4v) is 8.69. The van der Waals surface area contributed by atoms with Gasteiger partial charge in [-0.3, -0.25) is 40.5 Å². The maximum absolute atomic E-state index is 12.3. The first-order chi connectivity index (χ1) is 35.8. The molecule has 4 aromatic heterocycles. The first-order valence-electron chi connectivity index (χ1n) is 25.1. The van der Waals surface area contributed by atoms with Gasteiger partial charge in [-0.2, -0.15) is 26.9 Å². The number of allylic oxidation sites excluding steroid dienone is 4. The third-order valence-electron chi connectivity index (χ3n) is 10.7. The van der Waals surface area contributed by atoms with E-state index in [1.165, 1.54) is 6.07 Å². The minimum atomic E-state index is -1.49. The summed E-state index contributed by atoms with van der Waals surface area (Å²) >= 11 is 0. The summed E-state index contributed by atoms with van der Waals surface area (Å²) < 4.78 is 24.5. The van der Waals surface area contributed by atoms with Crippen molar-refractivity contribution in [2.45, 2.75) is 108 Å². The Kier molecular flexibility index (Phi) is 25.4. The van der Waals surface area contributed by atoms with Crippen LogP contribution in [0.4, 0.5) is 11.4 Å². The second kappa shape index (κ2) is 30.2. The van der Waals surface area contributed by atoms with Crippen molar-refractivity contribution in [3.05, 3.63) is 244 Å². The molecule has 382 valence electrons. The van der Waals surface area contributed by atoms with Crippen LogP contribution in [-0.4, -0.2) is 19.7 Å². The topological polar surface area (TPSA) is 188 Å². The van der Waals surface area contributed by atoms with E-state index < -0.39 is 36.7 Å². The van der Waals surface area contributed by atoms with Crippen LogP contribution >= 0.6 is 0 Å². The number of aryl methyl sites for hydroxylation is 1. The van der Waals surface area contributed by atoms with E-state index in [-0.39, 0.29) is 100 Å². The number of benzene rings is 2. The molecular formula is C56H64N8O8Y2. The molecule has 2 aromatic carbocycles. The molecule has 0 fully saturated rings. The number of nitrogens with zero attached hydrogens (tertiary/aromatic N) is 8. The molecule has 8 heterocycles. The van der Waals surface area contributed by atoms with Crippen LogP contribution in [0, 0.1) is 71.8 Å². The Labute approximate surface area is 488 Å². The van der Waals surface area contributed by atoms with Crippen LogP contribution in [0.1, 0.15) is 121 Å². The number of hydrogen-bond donors (Lipinski definition) is 0. The van der Waals surface area contributed by atoms with Crippen LogP contribution in [0.5, 0.6) is 0 Å². The SMILES string of the molecule is CC.CC.CC.CC.CC.CC.[3H]C(=[C-]C)C1=[C-]c2cccc[n+]2C12C(C(=[C-][N+](=O)[O-])[N+](=O)[O-])=[C-]c1cccc[n+]12.[3H]c1cc(C)cc2c1C1(c3c(cc([N+](=O)[O-])cc3[N+](=O)[O-])-c3cccc[n+]31)[n+]1ccccc1-2.[Y].[Y]. The van der Waals surface area contributed by atoms with E-state index in [0.29, 0.717) is 33.8 Å². The van der Waals surface area contributed by atoms with Gasteiger partial charge < -0.3 is 12.1 Å². The molecule has 2 spiro atoms. The van der Waals surface area contributed by atoms with Crippen molar-refractivity contribution >= 4 is 11.4 Å². The average molecular weight is 1160 g/mol. The molecule has 0 bridgehead atoms. The number of rotatable bonds is 6. The third-order valence-corrected chi connectivity index (χ3v) is 10.7. The summed E-state index contributed by atoms with van der Waals surface area (Å²) in [6.07, 6.45) is 17.5. The Morgan fingerprint density at radius 3 is 1.55 bits per heavy atom. The van der Waals surface area contributed by atoms with E-state index in [9.17, 15) is 40.5 Å². The van der Waals surface area contributed by atoms with E-state index in [0.717, 1.165) is 22.9 Å². The van der Waals surface area contributed by atoms with E-state index in [1.807, 2.05) is 142 Å². The van der Waals surface area contributed by atoms with Crippen molar-refractivity contribution in [1.29, 1.82) is 0 Å². The Bertz CT molecular complexity index is 3190. The number of hydrogen-bond acceptors (Lipinski definition) is 8. The second-order valence-electron chi connectivity index (χ2n) is 13.9. The smallest absolute Gasteiger partial charge is 0.346 e. The second-order valence-corrected chi connectivity index (χ2v) is 13.9. The largest absolute Gasteiger partial charge is 0.424 e. The number of fused-ring (bicyclic) bond motifs is 14. The van der Waals surface area contributed by atoms with Crippen molar-refractivity contribution < 1.29 is 106 Å². The monoisotopic (exact) mass is 1160 g/mol. The molecule has 10 rings (SSSR count). The molecule has 16 nitrogen and oxygen atoms in total. The Hall–Kier alpha value is -6.19. The molecule has 0 aliphatic carbocycles. The van der Waals surface area contributed by atoms with E-state index >= 15 is 0 Å². The fraction of sp³-hybridized carbons (Fsp3) is 0.286. The Balaban J connectivity index is 0.000000625. The van der Waals surface area contributed by atoms with Gasteiger partial charge in [0.25, 0.3) is 17.0 Å².